The van der Waals surface area contributed by atoms with Crippen LogP contribution in [0.3, 0.4) is 0 Å². The monoisotopic (exact) mass is 591 g/mol. The summed E-state index contributed by atoms with van der Waals surface area (Å²) in [5.41, 5.74) is 9.65. The fraction of sp³-hybridized carbons (Fsp3) is 0.412. The fourth-order valence-corrected chi connectivity index (χ4v) is 6.21. The van der Waals surface area contributed by atoms with E-state index in [0.717, 1.165) is 35.1 Å². The highest BCUT2D eigenvalue weighted by Gasteiger charge is 2.43. The summed E-state index contributed by atoms with van der Waals surface area (Å²) in [7, 11) is 1.33. The third-order valence-electron chi connectivity index (χ3n) is 8.33. The smallest absolute Gasteiger partial charge is 0.406 e. The van der Waals surface area contributed by atoms with Crippen molar-refractivity contribution in [2.24, 2.45) is 11.7 Å². The van der Waals surface area contributed by atoms with Crippen LogP contribution in [0.1, 0.15) is 72.5 Å². The number of halogens is 1. The summed E-state index contributed by atoms with van der Waals surface area (Å²) < 4.78 is 4.72. The summed E-state index contributed by atoms with van der Waals surface area (Å²) >= 11 is 6.89. The van der Waals surface area contributed by atoms with Crippen LogP contribution >= 0.6 is 11.6 Å². The second kappa shape index (κ2) is 14.2. The first-order chi connectivity index (χ1) is 20.2. The molecule has 0 unspecified atom stereocenters. The first-order valence-electron chi connectivity index (χ1n) is 14.7. The van der Waals surface area contributed by atoms with Gasteiger partial charge in [0.15, 0.2) is 0 Å². The van der Waals surface area contributed by atoms with Crippen LogP contribution in [0.15, 0.2) is 66.7 Å². The van der Waals surface area contributed by atoms with Crippen LogP contribution in [-0.4, -0.2) is 48.8 Å². The number of benzene rings is 3. The average molecular weight is 592 g/mol. The predicted molar refractivity (Wildman–Crippen MR) is 167 cm³/mol. The normalized spacial score (nSPS) is 16.6. The lowest BCUT2D eigenvalue weighted by molar-refractivity contribution is -0.0563. The van der Waals surface area contributed by atoms with Gasteiger partial charge in [0.05, 0.1) is 12.7 Å². The molecule has 1 saturated heterocycles. The number of nitrogens with one attached hydrogen (secondary N) is 1. The Bertz CT molecular complexity index is 1380. The molecule has 3 aromatic carbocycles. The maximum atomic E-state index is 13.6. The number of methoxy groups -OCH3 is 1. The Balaban J connectivity index is 1.72. The number of rotatable bonds is 10. The average Bonchev–Trinajstić information content (AvgIpc) is 3.02. The van der Waals surface area contributed by atoms with Gasteiger partial charge in [0.1, 0.15) is 0 Å². The molecule has 42 heavy (non-hydrogen) atoms. The van der Waals surface area contributed by atoms with E-state index in [-0.39, 0.29) is 11.8 Å². The number of hydrogen-bond acceptors (Lipinski definition) is 5. The number of amides is 2. The van der Waals surface area contributed by atoms with Crippen molar-refractivity contribution >= 4 is 23.6 Å². The van der Waals surface area contributed by atoms with E-state index >= 15 is 0 Å². The molecule has 2 amide bonds. The molecule has 3 aromatic rings. The van der Waals surface area contributed by atoms with E-state index < -0.39 is 11.7 Å². The van der Waals surface area contributed by atoms with Crippen molar-refractivity contribution in [2.45, 2.75) is 57.6 Å². The highest BCUT2D eigenvalue weighted by atomic mass is 35.5. The lowest BCUT2D eigenvalue weighted by Gasteiger charge is -2.44. The molecule has 0 aliphatic carbocycles. The van der Waals surface area contributed by atoms with Gasteiger partial charge in [-0.15, -0.1) is 0 Å². The minimum absolute atomic E-state index is 0.0612. The van der Waals surface area contributed by atoms with Crippen LogP contribution < -0.4 is 11.1 Å². The topological polar surface area (TPSA) is 105 Å². The van der Waals surface area contributed by atoms with E-state index in [4.69, 9.17) is 22.1 Å². The van der Waals surface area contributed by atoms with Gasteiger partial charge in [-0.05, 0) is 72.1 Å². The van der Waals surface area contributed by atoms with Gasteiger partial charge in [0.25, 0.3) is 5.91 Å². The number of nitrogens with zero attached hydrogens (tertiary/aromatic N) is 1. The van der Waals surface area contributed by atoms with Crippen LogP contribution in [0.4, 0.5) is 4.79 Å². The zero-order valence-corrected chi connectivity index (χ0v) is 25.5. The maximum absolute atomic E-state index is 13.6. The van der Waals surface area contributed by atoms with Crippen molar-refractivity contribution in [1.82, 2.24) is 10.2 Å². The zero-order valence-electron chi connectivity index (χ0n) is 24.7. The first-order valence-corrected chi connectivity index (χ1v) is 15.1. The van der Waals surface area contributed by atoms with E-state index in [1.165, 1.54) is 12.7 Å². The molecule has 224 valence electrons. The SMILES string of the molecule is COC(=O)NCCC[C@@](O)(c1cccc(Cl)c1-c1cccc(C(C)C)c1)[C@@H]1CCCN(C(=O)c2ccc(CN)cc2)C1. The van der Waals surface area contributed by atoms with Crippen LogP contribution in [0.2, 0.25) is 5.02 Å². The van der Waals surface area contributed by atoms with E-state index in [1.54, 1.807) is 0 Å². The number of aliphatic hydroxyl groups is 1. The van der Waals surface area contributed by atoms with Crippen molar-refractivity contribution in [1.29, 1.82) is 0 Å². The Hall–Kier alpha value is -3.39. The minimum atomic E-state index is -1.31. The molecule has 0 spiro atoms. The van der Waals surface area contributed by atoms with Gasteiger partial charge < -0.3 is 25.8 Å². The van der Waals surface area contributed by atoms with Gasteiger partial charge in [0, 0.05) is 48.2 Å². The summed E-state index contributed by atoms with van der Waals surface area (Å²) in [5.74, 6) is 0.0204. The van der Waals surface area contributed by atoms with Gasteiger partial charge in [-0.25, -0.2) is 4.79 Å². The van der Waals surface area contributed by atoms with Crippen molar-refractivity contribution in [2.75, 3.05) is 26.7 Å². The lowest BCUT2D eigenvalue weighted by Crippen LogP contribution is -2.48. The van der Waals surface area contributed by atoms with Crippen LogP contribution in [0.25, 0.3) is 11.1 Å². The molecule has 7 nitrogen and oxygen atoms in total. The number of likely N-dealkylation sites (tertiary alicyclic amines) is 1. The number of nitrogens with two attached hydrogens (primary N) is 1. The molecular weight excluding hydrogens is 550 g/mol. The molecule has 0 saturated carbocycles. The van der Waals surface area contributed by atoms with Gasteiger partial charge >= 0.3 is 6.09 Å². The number of piperidine rings is 1. The van der Waals surface area contributed by atoms with Crippen molar-refractivity contribution in [3.05, 3.63) is 94.0 Å². The summed E-state index contributed by atoms with van der Waals surface area (Å²) in [4.78, 5) is 27.1. The lowest BCUT2D eigenvalue weighted by atomic mass is 9.72. The van der Waals surface area contributed by atoms with E-state index in [9.17, 15) is 14.7 Å². The third kappa shape index (κ3) is 7.14. The molecule has 0 radical (unpaired) electrons. The van der Waals surface area contributed by atoms with Crippen molar-refractivity contribution in [3.8, 4) is 11.1 Å². The molecule has 1 aliphatic heterocycles. The summed E-state index contributed by atoms with van der Waals surface area (Å²) in [6.07, 6.45) is 1.87. The zero-order chi connectivity index (χ0) is 30.3. The Morgan fingerprint density at radius 2 is 1.88 bits per heavy atom. The van der Waals surface area contributed by atoms with E-state index in [2.05, 4.69) is 31.3 Å². The van der Waals surface area contributed by atoms with E-state index in [1.807, 2.05) is 59.5 Å². The second-order valence-corrected chi connectivity index (χ2v) is 11.8. The Morgan fingerprint density at radius 1 is 1.14 bits per heavy atom. The van der Waals surface area contributed by atoms with Gasteiger partial charge in [-0.3, -0.25) is 4.79 Å². The second-order valence-electron chi connectivity index (χ2n) is 11.4. The fourth-order valence-electron chi connectivity index (χ4n) is 5.93. The van der Waals surface area contributed by atoms with Crippen LogP contribution in [-0.2, 0) is 16.9 Å². The highest BCUT2D eigenvalue weighted by Crippen LogP contribution is 2.46. The number of alkyl carbamates (subject to hydrolysis) is 1. The molecule has 4 rings (SSSR count). The molecule has 4 N–H and O–H groups in total. The summed E-state index contributed by atoms with van der Waals surface area (Å²) in [6, 6.07) is 21.3. The Kier molecular flexibility index (Phi) is 10.7. The molecular formula is C34H42ClN3O4. The molecule has 2 atom stereocenters. The number of carbonyl (C=O) groups excluding carboxylic acids is 2. The maximum Gasteiger partial charge on any atom is 0.406 e. The highest BCUT2D eigenvalue weighted by molar-refractivity contribution is 6.33. The summed E-state index contributed by atoms with van der Waals surface area (Å²) in [5, 5.41) is 16.0. The molecule has 0 aromatic heterocycles. The van der Waals surface area contributed by atoms with E-state index in [0.29, 0.717) is 55.5 Å². The predicted octanol–water partition coefficient (Wildman–Crippen LogP) is 6.47. The van der Waals surface area contributed by atoms with Crippen molar-refractivity contribution in [3.63, 3.8) is 0 Å². The molecule has 8 heteroatoms. The number of hydrogen-bond donors (Lipinski definition) is 3. The standard InChI is InChI=1S/C34H42ClN3O4/c1-23(2)26-8-4-9-27(20-26)31-29(11-5-12-30(31)35)34(41,17-7-18-37-33(40)42-3)28-10-6-19-38(22-28)32(39)25-15-13-24(21-36)14-16-25/h4-5,8-9,11-16,20,23,28,41H,6-7,10,17-19,21-22,36H2,1-3H3,(H,37,40)/t28-,34+/m1/s1. The van der Waals surface area contributed by atoms with Crippen molar-refractivity contribution < 1.29 is 19.4 Å². The number of carbonyl (C=O) groups is 2. The Labute approximate surface area is 254 Å². The van der Waals surface area contributed by atoms with Gasteiger partial charge in [-0.1, -0.05) is 74.0 Å². The molecule has 1 aliphatic rings. The number of ether oxygens (including phenoxy) is 1. The molecule has 1 heterocycles. The van der Waals surface area contributed by atoms with Crippen LogP contribution in [0.5, 0.6) is 0 Å². The quantitative estimate of drug-likeness (QED) is 0.235. The van der Waals surface area contributed by atoms with Gasteiger partial charge in [0.2, 0.25) is 0 Å². The summed E-state index contributed by atoms with van der Waals surface area (Å²) in [6.45, 7) is 6.07. The third-order valence-corrected chi connectivity index (χ3v) is 8.65. The molecule has 1 fully saturated rings. The largest absolute Gasteiger partial charge is 0.453 e. The van der Waals surface area contributed by atoms with Gasteiger partial charge in [-0.2, -0.15) is 0 Å². The minimum Gasteiger partial charge on any atom is -0.453 e. The van der Waals surface area contributed by atoms with Crippen LogP contribution in [0, 0.1) is 5.92 Å². The first kappa shape index (κ1) is 31.5. The molecule has 0 bridgehead atoms. The Morgan fingerprint density at radius 3 is 2.57 bits per heavy atom.